The van der Waals surface area contributed by atoms with Crippen molar-refractivity contribution in [1.29, 1.82) is 0 Å². The molecule has 0 unspecified atom stereocenters. The Hall–Kier alpha value is -1.37. The maximum Gasteiger partial charge on any atom is 0.128 e. The van der Waals surface area contributed by atoms with E-state index in [1.807, 2.05) is 6.07 Å². The highest BCUT2D eigenvalue weighted by Crippen LogP contribution is 2.23. The lowest BCUT2D eigenvalue weighted by Crippen LogP contribution is -2.53. The van der Waals surface area contributed by atoms with Crippen LogP contribution in [0.5, 0.6) is 0 Å². The maximum atomic E-state index is 9.66. The Balaban J connectivity index is 1.56. The molecule has 0 aromatic carbocycles. The van der Waals surface area contributed by atoms with E-state index in [2.05, 4.69) is 46.9 Å². The van der Waals surface area contributed by atoms with Gasteiger partial charge in [0.15, 0.2) is 0 Å². The number of aliphatic hydroxyl groups excluding tert-OH is 1. The second-order valence-corrected chi connectivity index (χ2v) is 8.87. The van der Waals surface area contributed by atoms with Crippen molar-refractivity contribution in [3.05, 3.63) is 17.7 Å². The molecule has 2 aliphatic rings. The number of piperazine rings is 1. The number of hydrogen-bond acceptors (Lipinski definition) is 6. The van der Waals surface area contributed by atoms with E-state index in [-0.39, 0.29) is 11.6 Å². The van der Waals surface area contributed by atoms with Crippen molar-refractivity contribution in [2.45, 2.75) is 70.7 Å². The summed E-state index contributed by atoms with van der Waals surface area (Å²) in [4.78, 5) is 9.51. The Bertz CT molecular complexity index is 584. The summed E-state index contributed by atoms with van der Waals surface area (Å²) in [5.74, 6) is 1.45. The Labute approximate surface area is 157 Å². The third-order valence-corrected chi connectivity index (χ3v) is 5.68. The van der Waals surface area contributed by atoms with Gasteiger partial charge >= 0.3 is 0 Å². The summed E-state index contributed by atoms with van der Waals surface area (Å²) < 4.78 is 0. The summed E-state index contributed by atoms with van der Waals surface area (Å²) in [6.07, 6.45) is 3.57. The number of nitrogens with two attached hydrogens (primary N) is 1. The number of rotatable bonds is 4. The smallest absolute Gasteiger partial charge is 0.128 e. The van der Waals surface area contributed by atoms with E-state index in [1.165, 1.54) is 5.56 Å². The predicted octanol–water partition coefficient (Wildman–Crippen LogP) is 2.30. The van der Waals surface area contributed by atoms with Gasteiger partial charge in [0.05, 0.1) is 6.10 Å². The fourth-order valence-electron chi connectivity index (χ4n) is 4.04. The van der Waals surface area contributed by atoms with E-state index >= 15 is 0 Å². The molecule has 2 fully saturated rings. The van der Waals surface area contributed by atoms with Gasteiger partial charge < -0.3 is 16.2 Å². The third kappa shape index (κ3) is 5.32. The van der Waals surface area contributed by atoms with Crippen molar-refractivity contribution >= 4 is 11.6 Å². The van der Waals surface area contributed by atoms with E-state index in [0.29, 0.717) is 11.9 Å². The van der Waals surface area contributed by atoms with Crippen molar-refractivity contribution < 1.29 is 5.11 Å². The summed E-state index contributed by atoms with van der Waals surface area (Å²) in [6.45, 7) is 12.2. The predicted molar refractivity (Wildman–Crippen MR) is 107 cm³/mol. The molecule has 1 aliphatic heterocycles. The number of pyridine rings is 1. The molecule has 1 aromatic rings. The molecule has 1 saturated carbocycles. The van der Waals surface area contributed by atoms with Gasteiger partial charge in [-0.25, -0.2) is 4.98 Å². The van der Waals surface area contributed by atoms with Crippen molar-refractivity contribution in [3.8, 4) is 0 Å². The molecular weight excluding hydrogens is 326 g/mol. The minimum atomic E-state index is -0.135. The fraction of sp³-hybridized carbons (Fsp3) is 0.750. The standard InChI is InChI=1S/C20H35N5O/c1-20(2,3)25-10-8-24(9-11-25)14-15-12-18(21)23-19(13-15)22-16-4-6-17(26)7-5-16/h12-13,16-17,26H,4-11,14H2,1-3H3,(H3,21,22,23). The SMILES string of the molecule is CC(C)(C)N1CCN(Cc2cc(N)nc(NC3CCC(O)CC3)c2)CC1. The van der Waals surface area contributed by atoms with Crippen LogP contribution >= 0.6 is 0 Å². The van der Waals surface area contributed by atoms with E-state index in [0.717, 1.165) is 64.2 Å². The van der Waals surface area contributed by atoms with Crippen molar-refractivity contribution in [3.63, 3.8) is 0 Å². The number of aromatic nitrogens is 1. The molecule has 1 aromatic heterocycles. The van der Waals surface area contributed by atoms with Crippen molar-refractivity contribution in [2.24, 2.45) is 0 Å². The molecule has 146 valence electrons. The quantitative estimate of drug-likeness (QED) is 0.764. The van der Waals surface area contributed by atoms with Gasteiger partial charge in [0.1, 0.15) is 11.6 Å². The summed E-state index contributed by atoms with van der Waals surface area (Å²) in [6, 6.07) is 4.51. The molecule has 0 spiro atoms. The van der Waals surface area contributed by atoms with Gasteiger partial charge in [-0.1, -0.05) is 0 Å². The second kappa shape index (κ2) is 8.11. The first kappa shape index (κ1) is 19.4. The average molecular weight is 362 g/mol. The Kier molecular flexibility index (Phi) is 6.05. The van der Waals surface area contributed by atoms with Crippen LogP contribution in [-0.2, 0) is 6.54 Å². The molecule has 4 N–H and O–H groups in total. The van der Waals surface area contributed by atoms with Crippen LogP contribution in [0.25, 0.3) is 0 Å². The maximum absolute atomic E-state index is 9.66. The lowest BCUT2D eigenvalue weighted by atomic mass is 9.93. The van der Waals surface area contributed by atoms with Crippen LogP contribution in [-0.4, -0.2) is 63.8 Å². The van der Waals surface area contributed by atoms with E-state index in [9.17, 15) is 5.11 Å². The van der Waals surface area contributed by atoms with Gasteiger partial charge in [-0.3, -0.25) is 9.80 Å². The van der Waals surface area contributed by atoms with Gasteiger partial charge in [-0.15, -0.1) is 0 Å². The highest BCUT2D eigenvalue weighted by Gasteiger charge is 2.26. The zero-order valence-electron chi connectivity index (χ0n) is 16.5. The van der Waals surface area contributed by atoms with Crippen LogP contribution in [0.4, 0.5) is 11.6 Å². The van der Waals surface area contributed by atoms with Crippen LogP contribution in [0.2, 0.25) is 0 Å². The molecule has 6 heteroatoms. The molecule has 1 saturated heterocycles. The third-order valence-electron chi connectivity index (χ3n) is 5.68. The Morgan fingerprint density at radius 2 is 1.77 bits per heavy atom. The average Bonchev–Trinajstić information content (AvgIpc) is 2.56. The molecule has 0 amide bonds. The van der Waals surface area contributed by atoms with Crippen LogP contribution in [0.1, 0.15) is 52.0 Å². The van der Waals surface area contributed by atoms with Crippen molar-refractivity contribution in [2.75, 3.05) is 37.2 Å². The summed E-state index contributed by atoms with van der Waals surface area (Å²) in [7, 11) is 0. The van der Waals surface area contributed by atoms with Gasteiger partial charge in [0, 0.05) is 44.3 Å². The fourth-order valence-corrected chi connectivity index (χ4v) is 4.04. The Morgan fingerprint density at radius 3 is 2.38 bits per heavy atom. The lowest BCUT2D eigenvalue weighted by Gasteiger charge is -2.42. The van der Waals surface area contributed by atoms with Crippen LogP contribution in [0, 0.1) is 0 Å². The second-order valence-electron chi connectivity index (χ2n) is 8.87. The minimum Gasteiger partial charge on any atom is -0.393 e. The first-order valence-electron chi connectivity index (χ1n) is 9.98. The topological polar surface area (TPSA) is 77.7 Å². The number of anilines is 2. The number of nitrogen functional groups attached to an aromatic ring is 1. The van der Waals surface area contributed by atoms with Crippen LogP contribution in [0.15, 0.2) is 12.1 Å². The number of hydrogen-bond donors (Lipinski definition) is 3. The highest BCUT2D eigenvalue weighted by atomic mass is 16.3. The molecule has 0 radical (unpaired) electrons. The summed E-state index contributed by atoms with van der Waals surface area (Å²) >= 11 is 0. The molecule has 0 atom stereocenters. The molecule has 2 heterocycles. The number of nitrogens with one attached hydrogen (secondary N) is 1. The number of nitrogens with zero attached hydrogens (tertiary/aromatic N) is 3. The molecule has 3 rings (SSSR count). The van der Waals surface area contributed by atoms with Crippen LogP contribution < -0.4 is 11.1 Å². The normalized spacial score (nSPS) is 26.0. The summed E-state index contributed by atoms with van der Waals surface area (Å²) in [5, 5.41) is 13.2. The molecular formula is C20H35N5O. The van der Waals surface area contributed by atoms with Crippen molar-refractivity contribution in [1.82, 2.24) is 14.8 Å². The largest absolute Gasteiger partial charge is 0.393 e. The summed E-state index contributed by atoms with van der Waals surface area (Å²) in [5.41, 5.74) is 7.52. The zero-order valence-corrected chi connectivity index (χ0v) is 16.5. The highest BCUT2D eigenvalue weighted by molar-refractivity contribution is 5.47. The van der Waals surface area contributed by atoms with Gasteiger partial charge in [0.2, 0.25) is 0 Å². The van der Waals surface area contributed by atoms with Gasteiger partial charge in [-0.05, 0) is 64.2 Å². The first-order valence-corrected chi connectivity index (χ1v) is 9.98. The molecule has 6 nitrogen and oxygen atoms in total. The number of aliphatic hydroxyl groups is 1. The van der Waals surface area contributed by atoms with Gasteiger partial charge in [0.25, 0.3) is 0 Å². The molecule has 0 bridgehead atoms. The van der Waals surface area contributed by atoms with Crippen LogP contribution in [0.3, 0.4) is 0 Å². The van der Waals surface area contributed by atoms with E-state index < -0.39 is 0 Å². The lowest BCUT2D eigenvalue weighted by molar-refractivity contribution is 0.0591. The van der Waals surface area contributed by atoms with E-state index in [1.54, 1.807) is 0 Å². The first-order chi connectivity index (χ1) is 12.3. The monoisotopic (exact) mass is 361 g/mol. The molecule has 26 heavy (non-hydrogen) atoms. The zero-order chi connectivity index (χ0) is 18.7. The van der Waals surface area contributed by atoms with Gasteiger partial charge in [-0.2, -0.15) is 0 Å². The molecule has 1 aliphatic carbocycles. The minimum absolute atomic E-state index is 0.135. The van der Waals surface area contributed by atoms with E-state index in [4.69, 9.17) is 5.73 Å². The Morgan fingerprint density at radius 1 is 1.12 bits per heavy atom.